The van der Waals surface area contributed by atoms with Gasteiger partial charge in [-0.1, -0.05) is 41.9 Å². The van der Waals surface area contributed by atoms with Crippen molar-refractivity contribution in [2.45, 2.75) is 6.54 Å². The van der Waals surface area contributed by atoms with Gasteiger partial charge in [0.2, 0.25) is 0 Å². The standard InChI is InChI=1S/C21H15ClFN3O/c22-18-7-3-1-5-15(18)13-24-26-20(14-9-11-16(23)12-10-14)25-19-8-4-2-6-17(19)21(26)27/h1-12,24H,13H2. The minimum atomic E-state index is -0.350. The molecule has 4 rings (SSSR count). The van der Waals surface area contributed by atoms with E-state index in [1.807, 2.05) is 24.3 Å². The molecule has 0 saturated carbocycles. The lowest BCUT2D eigenvalue weighted by molar-refractivity contribution is 0.628. The summed E-state index contributed by atoms with van der Waals surface area (Å²) in [6, 6.07) is 20.4. The Balaban J connectivity index is 1.85. The molecule has 0 saturated heterocycles. The average Bonchev–Trinajstić information content (AvgIpc) is 2.69. The number of nitrogens with one attached hydrogen (secondary N) is 1. The van der Waals surface area contributed by atoms with Crippen LogP contribution in [0.4, 0.5) is 4.39 Å². The molecule has 0 unspecified atom stereocenters. The molecule has 0 spiro atoms. The van der Waals surface area contributed by atoms with Gasteiger partial charge < -0.3 is 5.43 Å². The van der Waals surface area contributed by atoms with E-state index in [0.717, 1.165) is 5.56 Å². The minimum Gasteiger partial charge on any atom is -0.317 e. The lowest BCUT2D eigenvalue weighted by atomic mass is 10.2. The first-order valence-electron chi connectivity index (χ1n) is 8.38. The Morgan fingerprint density at radius 3 is 2.44 bits per heavy atom. The van der Waals surface area contributed by atoms with Crippen LogP contribution in [0, 0.1) is 5.82 Å². The summed E-state index contributed by atoms with van der Waals surface area (Å²) in [7, 11) is 0. The van der Waals surface area contributed by atoms with Crippen molar-refractivity contribution < 1.29 is 4.39 Å². The molecule has 4 aromatic rings. The Bertz CT molecular complexity index is 1170. The summed E-state index contributed by atoms with van der Waals surface area (Å²) < 4.78 is 14.7. The normalized spacial score (nSPS) is 10.9. The van der Waals surface area contributed by atoms with Crippen molar-refractivity contribution in [1.29, 1.82) is 0 Å². The quantitative estimate of drug-likeness (QED) is 0.563. The molecule has 4 nitrogen and oxygen atoms in total. The third kappa shape index (κ3) is 3.41. The molecule has 3 aromatic carbocycles. The van der Waals surface area contributed by atoms with E-state index in [2.05, 4.69) is 10.4 Å². The predicted molar refractivity (Wildman–Crippen MR) is 106 cm³/mol. The largest absolute Gasteiger partial charge is 0.317 e. The molecular weight excluding hydrogens is 365 g/mol. The first-order valence-corrected chi connectivity index (χ1v) is 8.76. The summed E-state index contributed by atoms with van der Waals surface area (Å²) in [6.45, 7) is 0.341. The van der Waals surface area contributed by atoms with Gasteiger partial charge in [0.15, 0.2) is 5.82 Å². The number of hydrogen-bond acceptors (Lipinski definition) is 3. The molecule has 0 aliphatic carbocycles. The second-order valence-corrected chi connectivity index (χ2v) is 6.43. The molecule has 0 atom stereocenters. The van der Waals surface area contributed by atoms with Gasteiger partial charge in [-0.2, -0.15) is 0 Å². The van der Waals surface area contributed by atoms with E-state index in [4.69, 9.17) is 11.6 Å². The van der Waals surface area contributed by atoms with Gasteiger partial charge in [0.1, 0.15) is 5.82 Å². The van der Waals surface area contributed by atoms with Gasteiger partial charge in [-0.3, -0.25) is 4.79 Å². The van der Waals surface area contributed by atoms with Crippen LogP contribution >= 0.6 is 11.6 Å². The third-order valence-corrected chi connectivity index (χ3v) is 4.63. The molecule has 1 heterocycles. The summed E-state index contributed by atoms with van der Waals surface area (Å²) in [6.07, 6.45) is 0. The molecule has 0 radical (unpaired) electrons. The maximum atomic E-state index is 13.3. The smallest absolute Gasteiger partial charge is 0.280 e. The highest BCUT2D eigenvalue weighted by molar-refractivity contribution is 6.31. The molecule has 0 fully saturated rings. The minimum absolute atomic E-state index is 0.230. The van der Waals surface area contributed by atoms with E-state index >= 15 is 0 Å². The van der Waals surface area contributed by atoms with Gasteiger partial charge in [0, 0.05) is 10.6 Å². The Labute approximate surface area is 159 Å². The lowest BCUT2D eigenvalue weighted by Gasteiger charge is -2.16. The molecule has 0 amide bonds. The third-order valence-electron chi connectivity index (χ3n) is 4.26. The van der Waals surface area contributed by atoms with Crippen LogP contribution in [0.3, 0.4) is 0 Å². The van der Waals surface area contributed by atoms with Crippen LogP contribution in [-0.2, 0) is 6.54 Å². The highest BCUT2D eigenvalue weighted by Gasteiger charge is 2.13. The number of benzene rings is 3. The van der Waals surface area contributed by atoms with Crippen LogP contribution < -0.4 is 11.0 Å². The van der Waals surface area contributed by atoms with Crippen molar-refractivity contribution in [3.05, 3.63) is 99.6 Å². The van der Waals surface area contributed by atoms with Crippen LogP contribution in [0.5, 0.6) is 0 Å². The van der Waals surface area contributed by atoms with Crippen molar-refractivity contribution in [2.24, 2.45) is 0 Å². The Kier molecular flexibility index (Phi) is 4.60. The molecule has 27 heavy (non-hydrogen) atoms. The average molecular weight is 380 g/mol. The first kappa shape index (κ1) is 17.2. The highest BCUT2D eigenvalue weighted by Crippen LogP contribution is 2.20. The van der Waals surface area contributed by atoms with E-state index in [9.17, 15) is 9.18 Å². The number of para-hydroxylation sites is 1. The van der Waals surface area contributed by atoms with E-state index in [0.29, 0.717) is 33.9 Å². The summed E-state index contributed by atoms with van der Waals surface area (Å²) in [5.41, 5.74) is 4.94. The van der Waals surface area contributed by atoms with E-state index in [1.54, 1.807) is 36.4 Å². The summed E-state index contributed by atoms with van der Waals surface area (Å²) in [4.78, 5) is 17.7. The van der Waals surface area contributed by atoms with E-state index in [-0.39, 0.29) is 11.4 Å². The van der Waals surface area contributed by atoms with E-state index < -0.39 is 0 Å². The predicted octanol–water partition coefficient (Wildman–Crippen LogP) is 4.60. The molecule has 1 aromatic heterocycles. The Hall–Kier alpha value is -3.18. The summed E-state index contributed by atoms with van der Waals surface area (Å²) in [5, 5.41) is 1.10. The SMILES string of the molecule is O=c1c2ccccc2nc(-c2ccc(F)cc2)n1NCc1ccccc1Cl. The van der Waals surface area contributed by atoms with Crippen molar-refractivity contribution in [3.63, 3.8) is 0 Å². The van der Waals surface area contributed by atoms with Gasteiger partial charge in [0.25, 0.3) is 5.56 Å². The second kappa shape index (κ2) is 7.21. The monoisotopic (exact) mass is 379 g/mol. The van der Waals surface area contributed by atoms with E-state index in [1.165, 1.54) is 16.8 Å². The zero-order valence-electron chi connectivity index (χ0n) is 14.2. The lowest BCUT2D eigenvalue weighted by Crippen LogP contribution is -2.31. The maximum Gasteiger partial charge on any atom is 0.280 e. The molecular formula is C21H15ClFN3O. The maximum absolute atomic E-state index is 13.3. The zero-order chi connectivity index (χ0) is 18.8. The van der Waals surface area contributed by atoms with Crippen LogP contribution in [0.25, 0.3) is 22.3 Å². The van der Waals surface area contributed by atoms with Crippen molar-refractivity contribution in [3.8, 4) is 11.4 Å². The fourth-order valence-corrected chi connectivity index (χ4v) is 3.08. The topological polar surface area (TPSA) is 46.9 Å². The van der Waals surface area contributed by atoms with Crippen LogP contribution in [0.2, 0.25) is 5.02 Å². The molecule has 0 aliphatic rings. The number of hydrogen-bond donors (Lipinski definition) is 1. The number of fused-ring (bicyclic) bond motifs is 1. The zero-order valence-corrected chi connectivity index (χ0v) is 14.9. The first-order chi connectivity index (χ1) is 13.1. The molecule has 0 bridgehead atoms. The van der Waals surface area contributed by atoms with Gasteiger partial charge in [-0.25, -0.2) is 14.1 Å². The number of rotatable bonds is 4. The second-order valence-electron chi connectivity index (χ2n) is 6.03. The number of nitrogens with zero attached hydrogens (tertiary/aromatic N) is 2. The number of halogens is 2. The van der Waals surface area contributed by atoms with Gasteiger partial charge in [0.05, 0.1) is 17.4 Å². The fourth-order valence-electron chi connectivity index (χ4n) is 2.88. The molecule has 134 valence electrons. The van der Waals surface area contributed by atoms with Crippen molar-refractivity contribution in [1.82, 2.24) is 9.66 Å². The highest BCUT2D eigenvalue weighted by atomic mass is 35.5. The van der Waals surface area contributed by atoms with Crippen molar-refractivity contribution in [2.75, 3.05) is 5.43 Å². The van der Waals surface area contributed by atoms with Crippen LogP contribution in [-0.4, -0.2) is 9.66 Å². The fraction of sp³-hybridized carbons (Fsp3) is 0.0476. The van der Waals surface area contributed by atoms with Gasteiger partial charge in [-0.05, 0) is 48.0 Å². The summed E-state index contributed by atoms with van der Waals surface area (Å²) >= 11 is 6.21. The Morgan fingerprint density at radius 1 is 0.963 bits per heavy atom. The number of aromatic nitrogens is 2. The van der Waals surface area contributed by atoms with Gasteiger partial charge >= 0.3 is 0 Å². The van der Waals surface area contributed by atoms with Crippen LogP contribution in [0.15, 0.2) is 77.6 Å². The van der Waals surface area contributed by atoms with Crippen molar-refractivity contribution >= 4 is 22.5 Å². The van der Waals surface area contributed by atoms with Crippen LogP contribution in [0.1, 0.15) is 5.56 Å². The molecule has 0 aliphatic heterocycles. The molecule has 1 N–H and O–H groups in total. The summed E-state index contributed by atoms with van der Waals surface area (Å²) in [5.74, 6) is 0.0585. The Morgan fingerprint density at radius 2 is 1.67 bits per heavy atom. The van der Waals surface area contributed by atoms with Gasteiger partial charge in [-0.15, -0.1) is 0 Å². The molecule has 6 heteroatoms.